The lowest BCUT2D eigenvalue weighted by molar-refractivity contribution is 0.0987. The van der Waals surface area contributed by atoms with E-state index in [1.807, 2.05) is 18.2 Å². The number of rotatable bonds is 3. The summed E-state index contributed by atoms with van der Waals surface area (Å²) in [6.45, 7) is 0. The minimum absolute atomic E-state index is 0.0678. The Morgan fingerprint density at radius 1 is 1.13 bits per heavy atom. The van der Waals surface area contributed by atoms with Gasteiger partial charge < -0.3 is 0 Å². The van der Waals surface area contributed by atoms with Crippen LogP contribution in [0.5, 0.6) is 0 Å². The molecule has 0 saturated heterocycles. The molecule has 0 atom stereocenters. The van der Waals surface area contributed by atoms with Gasteiger partial charge in [0.05, 0.1) is 12.6 Å². The zero-order valence-corrected chi connectivity index (χ0v) is 8.00. The van der Waals surface area contributed by atoms with Crippen LogP contribution < -0.4 is 0 Å². The first-order valence-electron chi connectivity index (χ1n) is 4.55. The predicted molar refractivity (Wildman–Crippen MR) is 54.3 cm³/mol. The quantitative estimate of drug-likeness (QED) is 0.699. The minimum atomic E-state index is -0.0678. The summed E-state index contributed by atoms with van der Waals surface area (Å²) in [6, 6.07) is 5.48. The lowest BCUT2D eigenvalue weighted by Crippen LogP contribution is -2.07. The van der Waals surface area contributed by atoms with E-state index in [2.05, 4.69) is 15.0 Å². The Balaban J connectivity index is 2.12. The molecule has 0 spiro atoms. The number of nitrogens with zero attached hydrogens (tertiary/aromatic N) is 3. The Morgan fingerprint density at radius 3 is 2.73 bits per heavy atom. The molecule has 0 bridgehead atoms. The Bertz CT molecular complexity index is 442. The molecule has 0 unspecified atom stereocenters. The van der Waals surface area contributed by atoms with E-state index in [1.54, 1.807) is 6.20 Å². The van der Waals surface area contributed by atoms with Crippen LogP contribution in [0, 0.1) is 0 Å². The second-order valence-electron chi connectivity index (χ2n) is 3.01. The number of Topliss-reactive ketones (excluding diaryl/α,β-unsaturated/α-hetero) is 1. The van der Waals surface area contributed by atoms with Crippen molar-refractivity contribution in [3.05, 3.63) is 54.4 Å². The first-order valence-corrected chi connectivity index (χ1v) is 4.55. The van der Waals surface area contributed by atoms with Crippen molar-refractivity contribution in [1.29, 1.82) is 0 Å². The highest BCUT2D eigenvalue weighted by atomic mass is 16.1. The molecule has 4 nitrogen and oxygen atoms in total. The van der Waals surface area contributed by atoms with E-state index >= 15 is 0 Å². The van der Waals surface area contributed by atoms with Crippen molar-refractivity contribution in [2.24, 2.45) is 0 Å². The first kappa shape index (κ1) is 9.45. The fraction of sp³-hybridized carbons (Fsp3) is 0.0909. The number of carbonyl (C=O) groups is 1. The summed E-state index contributed by atoms with van der Waals surface area (Å²) in [5.41, 5.74) is 1.12. The number of carbonyl (C=O) groups excluding carboxylic acids is 1. The van der Waals surface area contributed by atoms with E-state index in [1.165, 1.54) is 18.6 Å². The summed E-state index contributed by atoms with van der Waals surface area (Å²) >= 11 is 0. The van der Waals surface area contributed by atoms with Gasteiger partial charge in [-0.05, 0) is 12.1 Å². The maximum absolute atomic E-state index is 11.7. The normalized spacial score (nSPS) is 9.87. The predicted octanol–water partition coefficient (Wildman–Crippen LogP) is 1.30. The van der Waals surface area contributed by atoms with Crippen LogP contribution in [0.15, 0.2) is 43.0 Å². The van der Waals surface area contributed by atoms with E-state index in [9.17, 15) is 4.79 Å². The second kappa shape index (κ2) is 4.41. The summed E-state index contributed by atoms with van der Waals surface area (Å²) in [7, 11) is 0. The van der Waals surface area contributed by atoms with Crippen molar-refractivity contribution < 1.29 is 4.79 Å². The van der Waals surface area contributed by atoms with Crippen LogP contribution in [0.3, 0.4) is 0 Å². The molecule has 0 N–H and O–H groups in total. The monoisotopic (exact) mass is 199 g/mol. The molecule has 0 saturated carbocycles. The maximum atomic E-state index is 11.7. The molecule has 0 aliphatic carbocycles. The highest BCUT2D eigenvalue weighted by molar-refractivity contribution is 5.95. The van der Waals surface area contributed by atoms with E-state index in [4.69, 9.17) is 0 Å². The van der Waals surface area contributed by atoms with Crippen molar-refractivity contribution in [2.75, 3.05) is 0 Å². The van der Waals surface area contributed by atoms with E-state index < -0.39 is 0 Å². The van der Waals surface area contributed by atoms with Gasteiger partial charge in [-0.1, -0.05) is 6.07 Å². The van der Waals surface area contributed by atoms with Gasteiger partial charge in [-0.15, -0.1) is 0 Å². The highest BCUT2D eigenvalue weighted by Gasteiger charge is 2.08. The smallest absolute Gasteiger partial charge is 0.188 e. The standard InChI is InChI=1S/C11H9N3O/c15-11(10-8-12-5-6-14-10)7-9-3-1-2-4-13-9/h1-6,8H,7H2. The molecule has 2 heterocycles. The molecule has 4 heteroatoms. The topological polar surface area (TPSA) is 55.7 Å². The van der Waals surface area contributed by atoms with E-state index in [-0.39, 0.29) is 12.2 Å². The van der Waals surface area contributed by atoms with Crippen molar-refractivity contribution in [3.63, 3.8) is 0 Å². The fourth-order valence-electron chi connectivity index (χ4n) is 1.20. The van der Waals surface area contributed by atoms with Crippen molar-refractivity contribution in [2.45, 2.75) is 6.42 Å². The van der Waals surface area contributed by atoms with Crippen LogP contribution in [-0.4, -0.2) is 20.7 Å². The molecule has 2 aromatic heterocycles. The second-order valence-corrected chi connectivity index (χ2v) is 3.01. The van der Waals surface area contributed by atoms with Crippen LogP contribution in [-0.2, 0) is 6.42 Å². The fourth-order valence-corrected chi connectivity index (χ4v) is 1.20. The van der Waals surface area contributed by atoms with Crippen molar-refractivity contribution in [1.82, 2.24) is 15.0 Å². The first-order chi connectivity index (χ1) is 7.36. The number of hydrogen-bond donors (Lipinski definition) is 0. The minimum Gasteiger partial charge on any atom is -0.292 e. The van der Waals surface area contributed by atoms with Gasteiger partial charge in [-0.3, -0.25) is 14.8 Å². The molecule has 0 aliphatic heterocycles. The van der Waals surface area contributed by atoms with Gasteiger partial charge in [0.25, 0.3) is 0 Å². The van der Waals surface area contributed by atoms with Crippen LogP contribution in [0.2, 0.25) is 0 Å². The zero-order valence-electron chi connectivity index (χ0n) is 8.00. The summed E-state index contributed by atoms with van der Waals surface area (Å²) in [4.78, 5) is 23.5. The molecule has 15 heavy (non-hydrogen) atoms. The molecule has 2 aromatic rings. The summed E-state index contributed by atoms with van der Waals surface area (Å²) < 4.78 is 0. The average Bonchev–Trinajstić information content (AvgIpc) is 2.31. The summed E-state index contributed by atoms with van der Waals surface area (Å²) in [5.74, 6) is -0.0678. The molecule has 2 rings (SSSR count). The van der Waals surface area contributed by atoms with Crippen LogP contribution in [0.25, 0.3) is 0 Å². The Hall–Kier alpha value is -2.10. The number of pyridine rings is 1. The molecular weight excluding hydrogens is 190 g/mol. The largest absolute Gasteiger partial charge is 0.292 e. The van der Waals surface area contributed by atoms with Gasteiger partial charge in [0.15, 0.2) is 5.78 Å². The van der Waals surface area contributed by atoms with Crippen LogP contribution >= 0.6 is 0 Å². The Morgan fingerprint density at radius 2 is 2.07 bits per heavy atom. The highest BCUT2D eigenvalue weighted by Crippen LogP contribution is 2.01. The Labute approximate surface area is 87.0 Å². The number of aromatic nitrogens is 3. The third-order valence-corrected chi connectivity index (χ3v) is 1.92. The van der Waals surface area contributed by atoms with Gasteiger partial charge in [0.1, 0.15) is 5.69 Å². The molecule has 0 amide bonds. The molecule has 0 aliphatic rings. The van der Waals surface area contributed by atoms with Gasteiger partial charge in [-0.2, -0.15) is 0 Å². The lowest BCUT2D eigenvalue weighted by atomic mass is 10.1. The summed E-state index contributed by atoms with van der Waals surface area (Å²) in [5, 5.41) is 0. The van der Waals surface area contributed by atoms with E-state index in [0.717, 1.165) is 5.69 Å². The van der Waals surface area contributed by atoms with Gasteiger partial charge in [0.2, 0.25) is 0 Å². The SMILES string of the molecule is O=C(Cc1ccccn1)c1cnccn1. The van der Waals surface area contributed by atoms with Gasteiger partial charge >= 0.3 is 0 Å². The van der Waals surface area contributed by atoms with E-state index in [0.29, 0.717) is 5.69 Å². The molecule has 0 fully saturated rings. The number of hydrogen-bond acceptors (Lipinski definition) is 4. The molecule has 0 aromatic carbocycles. The third kappa shape index (κ3) is 2.43. The van der Waals surface area contributed by atoms with Crippen LogP contribution in [0.4, 0.5) is 0 Å². The average molecular weight is 199 g/mol. The number of ketones is 1. The Kier molecular flexibility index (Phi) is 2.78. The third-order valence-electron chi connectivity index (χ3n) is 1.92. The van der Waals surface area contributed by atoms with Gasteiger partial charge in [-0.25, -0.2) is 4.98 Å². The van der Waals surface area contributed by atoms with Crippen molar-refractivity contribution in [3.8, 4) is 0 Å². The van der Waals surface area contributed by atoms with Gasteiger partial charge in [0, 0.05) is 24.3 Å². The molecular formula is C11H9N3O. The lowest BCUT2D eigenvalue weighted by Gasteiger charge is -1.98. The molecule has 74 valence electrons. The van der Waals surface area contributed by atoms with Crippen molar-refractivity contribution >= 4 is 5.78 Å². The zero-order chi connectivity index (χ0) is 10.5. The summed E-state index contributed by atoms with van der Waals surface area (Å²) in [6.07, 6.45) is 6.44. The maximum Gasteiger partial charge on any atom is 0.188 e. The van der Waals surface area contributed by atoms with Crippen LogP contribution in [0.1, 0.15) is 16.2 Å². The molecule has 0 radical (unpaired) electrons.